The molecule has 7 heteroatoms. The molecule has 0 radical (unpaired) electrons. The Bertz CT molecular complexity index is 1250. The van der Waals surface area contributed by atoms with E-state index in [2.05, 4.69) is 32.4 Å². The van der Waals surface area contributed by atoms with Gasteiger partial charge in [-0.25, -0.2) is 0 Å². The van der Waals surface area contributed by atoms with E-state index >= 15 is 0 Å². The molecule has 3 heterocycles. The standard InChI is InChI=1S/C27H28N4O3/c32-21-11-9-20(10-12-21)24-23(19-7-3-1-4-8-19)25(34-30-24)27(14-15-27)26-29-28-22(33-26)13-18-31-16-5-2-6-17-31/h1,3-4,7-12,32H,2,5-6,13-18H2. The number of rotatable bonds is 7. The Balaban J connectivity index is 1.33. The lowest BCUT2D eigenvalue weighted by molar-refractivity contribution is 0.225. The van der Waals surface area contributed by atoms with E-state index in [0.29, 0.717) is 11.8 Å². The second-order valence-electron chi connectivity index (χ2n) is 9.38. The lowest BCUT2D eigenvalue weighted by Gasteiger charge is -2.25. The summed E-state index contributed by atoms with van der Waals surface area (Å²) in [5.74, 6) is 2.29. The van der Waals surface area contributed by atoms with Gasteiger partial charge in [0.1, 0.15) is 16.9 Å². The number of benzene rings is 2. The molecule has 4 aromatic rings. The zero-order valence-corrected chi connectivity index (χ0v) is 19.1. The molecular weight excluding hydrogens is 428 g/mol. The molecule has 1 N–H and O–H groups in total. The molecule has 0 unspecified atom stereocenters. The number of phenolic OH excluding ortho intramolecular Hbond substituents is 1. The highest BCUT2D eigenvalue weighted by Crippen LogP contribution is 2.56. The fraction of sp³-hybridized carbons (Fsp3) is 0.370. The Morgan fingerprint density at radius 2 is 1.65 bits per heavy atom. The molecule has 1 aliphatic heterocycles. The molecule has 0 atom stereocenters. The smallest absolute Gasteiger partial charge is 0.230 e. The molecular formula is C27H28N4O3. The zero-order valence-electron chi connectivity index (χ0n) is 19.1. The number of hydrogen-bond donors (Lipinski definition) is 1. The minimum absolute atomic E-state index is 0.218. The van der Waals surface area contributed by atoms with Crippen LogP contribution in [0, 0.1) is 0 Å². The van der Waals surface area contributed by atoms with E-state index in [0.717, 1.165) is 67.0 Å². The second-order valence-corrected chi connectivity index (χ2v) is 9.38. The molecule has 0 bridgehead atoms. The lowest BCUT2D eigenvalue weighted by atomic mass is 9.92. The minimum atomic E-state index is -0.441. The van der Waals surface area contributed by atoms with Crippen LogP contribution in [0.3, 0.4) is 0 Å². The number of nitrogens with zero attached hydrogens (tertiary/aromatic N) is 4. The maximum absolute atomic E-state index is 9.74. The normalized spacial score (nSPS) is 17.6. The molecule has 1 saturated heterocycles. The summed E-state index contributed by atoms with van der Waals surface area (Å²) in [4.78, 5) is 2.48. The molecule has 174 valence electrons. The van der Waals surface area contributed by atoms with Gasteiger partial charge in [0, 0.05) is 18.5 Å². The van der Waals surface area contributed by atoms with Gasteiger partial charge in [-0.05, 0) is 68.6 Å². The minimum Gasteiger partial charge on any atom is -0.508 e. The van der Waals surface area contributed by atoms with Gasteiger partial charge in [0.25, 0.3) is 0 Å². The third-order valence-electron chi connectivity index (χ3n) is 7.05. The van der Waals surface area contributed by atoms with Gasteiger partial charge >= 0.3 is 0 Å². The number of phenols is 1. The van der Waals surface area contributed by atoms with Crippen molar-refractivity contribution >= 4 is 0 Å². The highest BCUT2D eigenvalue weighted by Gasteiger charge is 2.56. The van der Waals surface area contributed by atoms with Gasteiger partial charge < -0.3 is 18.9 Å². The molecule has 6 rings (SSSR count). The Morgan fingerprint density at radius 1 is 0.882 bits per heavy atom. The summed E-state index contributed by atoms with van der Waals surface area (Å²) in [6.45, 7) is 3.27. The quantitative estimate of drug-likeness (QED) is 0.409. The summed E-state index contributed by atoms with van der Waals surface area (Å²) in [7, 11) is 0. The van der Waals surface area contributed by atoms with Gasteiger partial charge in [0.05, 0.1) is 5.56 Å². The number of aromatic hydroxyl groups is 1. The molecule has 34 heavy (non-hydrogen) atoms. The summed E-state index contributed by atoms with van der Waals surface area (Å²) >= 11 is 0. The Labute approximate surface area is 198 Å². The van der Waals surface area contributed by atoms with Crippen molar-refractivity contribution in [3.8, 4) is 28.1 Å². The molecule has 2 fully saturated rings. The monoisotopic (exact) mass is 456 g/mol. The van der Waals surface area contributed by atoms with Crippen molar-refractivity contribution < 1.29 is 14.0 Å². The number of hydrogen-bond acceptors (Lipinski definition) is 7. The average Bonchev–Trinajstić information content (AvgIpc) is 3.33. The van der Waals surface area contributed by atoms with E-state index in [-0.39, 0.29) is 5.75 Å². The van der Waals surface area contributed by atoms with Crippen LogP contribution in [0.4, 0.5) is 0 Å². The van der Waals surface area contributed by atoms with E-state index < -0.39 is 5.41 Å². The Kier molecular flexibility index (Phi) is 5.41. The van der Waals surface area contributed by atoms with E-state index in [1.807, 2.05) is 30.3 Å². The highest BCUT2D eigenvalue weighted by molar-refractivity contribution is 5.83. The molecule has 2 aliphatic rings. The van der Waals surface area contributed by atoms with Crippen molar-refractivity contribution in [2.24, 2.45) is 0 Å². The van der Waals surface area contributed by atoms with Gasteiger partial charge in [-0.15, -0.1) is 10.2 Å². The van der Waals surface area contributed by atoms with Crippen molar-refractivity contribution in [2.75, 3.05) is 19.6 Å². The topological polar surface area (TPSA) is 88.4 Å². The van der Waals surface area contributed by atoms with Crippen LogP contribution in [0.5, 0.6) is 5.75 Å². The van der Waals surface area contributed by atoms with Crippen molar-refractivity contribution in [3.05, 3.63) is 72.1 Å². The first kappa shape index (κ1) is 21.1. The van der Waals surface area contributed by atoms with Crippen LogP contribution in [-0.4, -0.2) is 45.0 Å². The van der Waals surface area contributed by atoms with E-state index in [4.69, 9.17) is 8.94 Å². The average molecular weight is 457 g/mol. The second kappa shape index (κ2) is 8.72. The summed E-state index contributed by atoms with van der Waals surface area (Å²) in [5.41, 5.74) is 3.16. The van der Waals surface area contributed by atoms with Crippen molar-refractivity contribution in [1.29, 1.82) is 0 Å². The van der Waals surface area contributed by atoms with Crippen LogP contribution >= 0.6 is 0 Å². The van der Waals surface area contributed by atoms with Gasteiger partial charge in [0.15, 0.2) is 5.76 Å². The summed E-state index contributed by atoms with van der Waals surface area (Å²) in [6, 6.07) is 17.2. The van der Waals surface area contributed by atoms with Crippen molar-refractivity contribution in [2.45, 2.75) is 43.9 Å². The summed E-state index contributed by atoms with van der Waals surface area (Å²) < 4.78 is 12.2. The molecule has 1 aliphatic carbocycles. The maximum Gasteiger partial charge on any atom is 0.230 e. The first-order valence-corrected chi connectivity index (χ1v) is 12.1. The molecule has 2 aromatic heterocycles. The van der Waals surface area contributed by atoms with Gasteiger partial charge in [-0.2, -0.15) is 0 Å². The Morgan fingerprint density at radius 3 is 2.38 bits per heavy atom. The molecule has 0 amide bonds. The van der Waals surface area contributed by atoms with Crippen LogP contribution in [0.15, 0.2) is 63.5 Å². The van der Waals surface area contributed by atoms with Crippen molar-refractivity contribution in [1.82, 2.24) is 20.3 Å². The molecule has 7 nitrogen and oxygen atoms in total. The molecule has 1 saturated carbocycles. The van der Waals surface area contributed by atoms with E-state index in [1.54, 1.807) is 12.1 Å². The predicted molar refractivity (Wildman–Crippen MR) is 127 cm³/mol. The molecule has 0 spiro atoms. The van der Waals surface area contributed by atoms with Crippen LogP contribution in [0.1, 0.15) is 49.6 Å². The van der Waals surface area contributed by atoms with Crippen molar-refractivity contribution in [3.63, 3.8) is 0 Å². The number of piperidine rings is 1. The van der Waals surface area contributed by atoms with Crippen LogP contribution in [0.25, 0.3) is 22.4 Å². The van der Waals surface area contributed by atoms with Crippen LogP contribution in [-0.2, 0) is 11.8 Å². The zero-order chi connectivity index (χ0) is 23.0. The number of likely N-dealkylation sites (tertiary alicyclic amines) is 1. The fourth-order valence-corrected chi connectivity index (χ4v) is 4.95. The first-order chi connectivity index (χ1) is 16.7. The third-order valence-corrected chi connectivity index (χ3v) is 7.05. The Hall–Kier alpha value is -3.45. The summed E-state index contributed by atoms with van der Waals surface area (Å²) in [6.07, 6.45) is 6.40. The first-order valence-electron chi connectivity index (χ1n) is 12.1. The van der Waals surface area contributed by atoms with E-state index in [1.165, 1.54) is 19.3 Å². The third kappa shape index (κ3) is 3.90. The predicted octanol–water partition coefficient (Wildman–Crippen LogP) is 5.21. The van der Waals surface area contributed by atoms with Gasteiger partial charge in [-0.3, -0.25) is 0 Å². The maximum atomic E-state index is 9.74. The van der Waals surface area contributed by atoms with E-state index in [9.17, 15) is 5.11 Å². The van der Waals surface area contributed by atoms with Crippen LogP contribution in [0.2, 0.25) is 0 Å². The number of aromatic nitrogens is 3. The fourth-order valence-electron chi connectivity index (χ4n) is 4.95. The molecule has 2 aromatic carbocycles. The largest absolute Gasteiger partial charge is 0.508 e. The highest BCUT2D eigenvalue weighted by atomic mass is 16.5. The lowest BCUT2D eigenvalue weighted by Crippen LogP contribution is -2.31. The van der Waals surface area contributed by atoms with Gasteiger partial charge in [-0.1, -0.05) is 41.9 Å². The summed E-state index contributed by atoms with van der Waals surface area (Å²) in [5, 5.41) is 23.1. The van der Waals surface area contributed by atoms with Gasteiger partial charge in [0.2, 0.25) is 11.8 Å². The SMILES string of the molecule is Oc1ccc(-c2noc(C3(c4nnc(CCN5CCCCC5)o4)CC3)c2-c2ccccc2)cc1. The van der Waals surface area contributed by atoms with Crippen LogP contribution < -0.4 is 0 Å².